The highest BCUT2D eigenvalue weighted by atomic mass is 19.1. The first-order valence-corrected chi connectivity index (χ1v) is 7.71. The van der Waals surface area contributed by atoms with Crippen molar-refractivity contribution in [1.29, 1.82) is 0 Å². The molecule has 6 nitrogen and oxygen atoms in total. The van der Waals surface area contributed by atoms with Crippen LogP contribution in [-0.2, 0) is 7.05 Å². The van der Waals surface area contributed by atoms with E-state index in [9.17, 15) is 9.18 Å². The molecule has 1 amide bonds. The van der Waals surface area contributed by atoms with Gasteiger partial charge < -0.3 is 10.2 Å². The maximum atomic E-state index is 13.8. The zero-order valence-electron chi connectivity index (χ0n) is 13.3. The maximum Gasteiger partial charge on any atom is 0.272 e. The molecule has 2 aromatic rings. The molecule has 1 fully saturated rings. The third-order valence-electron chi connectivity index (χ3n) is 4.22. The number of hydrogen-bond donors (Lipinski definition) is 1. The minimum absolute atomic E-state index is 0.0767. The Morgan fingerprint density at radius 1 is 1.39 bits per heavy atom. The van der Waals surface area contributed by atoms with Gasteiger partial charge in [0.2, 0.25) is 0 Å². The summed E-state index contributed by atoms with van der Waals surface area (Å²) in [6.45, 7) is 3.24. The number of anilines is 1. The van der Waals surface area contributed by atoms with Gasteiger partial charge in [0.05, 0.1) is 0 Å². The minimum Gasteiger partial charge on any atom is -0.354 e. The molecule has 3 heterocycles. The third-order valence-corrected chi connectivity index (χ3v) is 4.22. The van der Waals surface area contributed by atoms with E-state index in [0.29, 0.717) is 24.6 Å². The third kappa shape index (κ3) is 3.33. The van der Waals surface area contributed by atoms with Gasteiger partial charge in [-0.3, -0.25) is 9.48 Å². The van der Waals surface area contributed by atoms with Gasteiger partial charge in [-0.25, -0.2) is 9.37 Å². The van der Waals surface area contributed by atoms with E-state index >= 15 is 0 Å². The Bertz CT molecular complexity index is 687. The predicted octanol–water partition coefficient (Wildman–Crippen LogP) is 1.66. The van der Waals surface area contributed by atoms with Crippen LogP contribution in [0.2, 0.25) is 0 Å². The van der Waals surface area contributed by atoms with Crippen LogP contribution in [-0.4, -0.2) is 39.8 Å². The Hall–Kier alpha value is -2.44. The molecule has 1 aliphatic rings. The lowest BCUT2D eigenvalue weighted by Crippen LogP contribution is -2.45. The molecule has 1 aliphatic heterocycles. The zero-order chi connectivity index (χ0) is 16.4. The van der Waals surface area contributed by atoms with Crippen molar-refractivity contribution >= 4 is 11.7 Å². The monoisotopic (exact) mass is 317 g/mol. The van der Waals surface area contributed by atoms with Crippen molar-refractivity contribution in [2.45, 2.75) is 25.8 Å². The second-order valence-electron chi connectivity index (χ2n) is 5.84. The molecule has 7 heteroatoms. The van der Waals surface area contributed by atoms with Gasteiger partial charge in [-0.2, -0.15) is 5.10 Å². The van der Waals surface area contributed by atoms with Gasteiger partial charge in [0, 0.05) is 38.1 Å². The molecule has 0 bridgehead atoms. The molecule has 0 atom stereocenters. The minimum atomic E-state index is -0.307. The molecule has 0 radical (unpaired) electrons. The van der Waals surface area contributed by atoms with Crippen molar-refractivity contribution < 1.29 is 9.18 Å². The molecule has 23 heavy (non-hydrogen) atoms. The van der Waals surface area contributed by atoms with Crippen LogP contribution in [0.1, 0.15) is 29.0 Å². The van der Waals surface area contributed by atoms with Crippen molar-refractivity contribution in [3.63, 3.8) is 0 Å². The summed E-state index contributed by atoms with van der Waals surface area (Å²) in [4.78, 5) is 18.2. The molecule has 122 valence electrons. The van der Waals surface area contributed by atoms with Gasteiger partial charge in [-0.05, 0) is 38.0 Å². The number of aryl methyl sites for hydroxylation is 2. The number of carbonyl (C=O) groups excluding carboxylic acids is 1. The molecular weight excluding hydrogens is 297 g/mol. The topological polar surface area (TPSA) is 63.1 Å². The summed E-state index contributed by atoms with van der Waals surface area (Å²) in [5.74, 6) is -0.0762. The molecule has 3 rings (SSSR count). The first-order chi connectivity index (χ1) is 11.0. The molecule has 0 aromatic carbocycles. The Balaban J connectivity index is 1.57. The number of halogens is 1. The van der Waals surface area contributed by atoms with Crippen LogP contribution >= 0.6 is 0 Å². The van der Waals surface area contributed by atoms with Crippen LogP contribution in [0.4, 0.5) is 10.2 Å². The number of piperidine rings is 1. The highest BCUT2D eigenvalue weighted by molar-refractivity contribution is 5.92. The van der Waals surface area contributed by atoms with Crippen molar-refractivity contribution in [2.75, 3.05) is 18.0 Å². The Morgan fingerprint density at radius 2 is 2.13 bits per heavy atom. The number of nitrogens with one attached hydrogen (secondary N) is 1. The molecular formula is C16H20FN5O. The molecule has 1 saturated heterocycles. The lowest BCUT2D eigenvalue weighted by Gasteiger charge is -2.33. The Kier molecular flexibility index (Phi) is 4.27. The van der Waals surface area contributed by atoms with Crippen LogP contribution in [0.15, 0.2) is 24.4 Å². The summed E-state index contributed by atoms with van der Waals surface area (Å²) in [7, 11) is 1.81. The van der Waals surface area contributed by atoms with Crippen LogP contribution in [0.25, 0.3) is 0 Å². The predicted molar refractivity (Wildman–Crippen MR) is 84.8 cm³/mol. The normalized spacial score (nSPS) is 15.7. The van der Waals surface area contributed by atoms with E-state index in [1.165, 1.54) is 6.07 Å². The van der Waals surface area contributed by atoms with E-state index in [1.54, 1.807) is 23.0 Å². The lowest BCUT2D eigenvalue weighted by molar-refractivity contribution is 0.0925. The van der Waals surface area contributed by atoms with Crippen molar-refractivity contribution in [3.8, 4) is 0 Å². The molecule has 2 aromatic heterocycles. The molecule has 0 spiro atoms. The van der Waals surface area contributed by atoms with E-state index in [-0.39, 0.29) is 17.8 Å². The summed E-state index contributed by atoms with van der Waals surface area (Å²) in [5, 5.41) is 7.19. The molecule has 0 saturated carbocycles. The Labute approximate surface area is 134 Å². The van der Waals surface area contributed by atoms with Crippen molar-refractivity contribution in [2.24, 2.45) is 7.05 Å². The summed E-state index contributed by atoms with van der Waals surface area (Å²) >= 11 is 0. The number of carbonyl (C=O) groups is 1. The fourth-order valence-electron chi connectivity index (χ4n) is 2.78. The van der Waals surface area contributed by atoms with Gasteiger partial charge in [0.15, 0.2) is 11.6 Å². The van der Waals surface area contributed by atoms with E-state index in [1.807, 2.05) is 18.9 Å². The first kappa shape index (κ1) is 15.5. The average molecular weight is 317 g/mol. The quantitative estimate of drug-likeness (QED) is 0.935. The second kappa shape index (κ2) is 6.36. The maximum absolute atomic E-state index is 13.8. The van der Waals surface area contributed by atoms with Crippen molar-refractivity contribution in [3.05, 3.63) is 41.6 Å². The SMILES string of the molecule is Cc1cc(C(=O)NC2CCN(c3ncccc3F)CC2)nn1C. The van der Waals surface area contributed by atoms with Crippen LogP contribution in [0, 0.1) is 12.7 Å². The number of pyridine rings is 1. The van der Waals surface area contributed by atoms with Crippen LogP contribution < -0.4 is 10.2 Å². The van der Waals surface area contributed by atoms with E-state index in [2.05, 4.69) is 15.4 Å². The fourth-order valence-corrected chi connectivity index (χ4v) is 2.78. The number of aromatic nitrogens is 3. The van der Waals surface area contributed by atoms with Gasteiger partial charge >= 0.3 is 0 Å². The molecule has 1 N–H and O–H groups in total. The van der Waals surface area contributed by atoms with E-state index in [4.69, 9.17) is 0 Å². The highest BCUT2D eigenvalue weighted by Crippen LogP contribution is 2.20. The standard InChI is InChI=1S/C16H20FN5O/c1-11-10-14(20-21(11)2)16(23)19-12-5-8-22(9-6-12)15-13(17)4-3-7-18-15/h3-4,7,10,12H,5-6,8-9H2,1-2H3,(H,19,23). The number of nitrogens with zero attached hydrogens (tertiary/aromatic N) is 4. The van der Waals surface area contributed by atoms with Gasteiger partial charge in [0.25, 0.3) is 5.91 Å². The smallest absolute Gasteiger partial charge is 0.272 e. The van der Waals surface area contributed by atoms with Crippen LogP contribution in [0.5, 0.6) is 0 Å². The van der Waals surface area contributed by atoms with Crippen molar-refractivity contribution in [1.82, 2.24) is 20.1 Å². The largest absolute Gasteiger partial charge is 0.354 e. The zero-order valence-corrected chi connectivity index (χ0v) is 13.3. The van der Waals surface area contributed by atoms with Gasteiger partial charge in [-0.1, -0.05) is 0 Å². The van der Waals surface area contributed by atoms with E-state index < -0.39 is 0 Å². The summed E-state index contributed by atoms with van der Waals surface area (Å²) in [5.41, 5.74) is 1.37. The number of hydrogen-bond acceptors (Lipinski definition) is 4. The molecule has 0 aliphatic carbocycles. The Morgan fingerprint density at radius 3 is 2.74 bits per heavy atom. The lowest BCUT2D eigenvalue weighted by atomic mass is 10.0. The first-order valence-electron chi connectivity index (χ1n) is 7.71. The molecule has 0 unspecified atom stereocenters. The second-order valence-corrected chi connectivity index (χ2v) is 5.84. The summed E-state index contributed by atoms with van der Waals surface area (Å²) < 4.78 is 15.4. The highest BCUT2D eigenvalue weighted by Gasteiger charge is 2.24. The van der Waals surface area contributed by atoms with Gasteiger partial charge in [0.1, 0.15) is 5.69 Å². The summed E-state index contributed by atoms with van der Waals surface area (Å²) in [6.07, 6.45) is 3.11. The van der Waals surface area contributed by atoms with Crippen LogP contribution in [0.3, 0.4) is 0 Å². The fraction of sp³-hybridized carbons (Fsp3) is 0.438. The number of rotatable bonds is 3. The summed E-state index contributed by atoms with van der Waals surface area (Å²) in [6, 6.07) is 4.85. The van der Waals surface area contributed by atoms with Gasteiger partial charge in [-0.15, -0.1) is 0 Å². The average Bonchev–Trinajstić information content (AvgIpc) is 2.88. The van der Waals surface area contributed by atoms with E-state index in [0.717, 1.165) is 18.5 Å². The number of amides is 1.